The Labute approximate surface area is 126 Å². The minimum atomic E-state index is 0. The quantitative estimate of drug-likeness (QED) is 0.652. The third-order valence-electron chi connectivity index (χ3n) is 5.02. The van der Waals surface area contributed by atoms with Crippen molar-refractivity contribution in [3.63, 3.8) is 0 Å². The first-order valence-corrected chi connectivity index (χ1v) is 8.35. The van der Waals surface area contributed by atoms with Gasteiger partial charge in [0, 0.05) is 6.97 Å². The van der Waals surface area contributed by atoms with Gasteiger partial charge in [0.05, 0.1) is 0 Å². The molecule has 0 saturated heterocycles. The zero-order valence-electron chi connectivity index (χ0n) is 13.3. The van der Waals surface area contributed by atoms with Gasteiger partial charge in [-0.2, -0.15) is 0 Å². The molecule has 0 aromatic rings. The molecular weight excluding hydrogens is 242 g/mol. The van der Waals surface area contributed by atoms with Crippen LogP contribution in [-0.4, -0.2) is 12.1 Å². The molecule has 0 radical (unpaired) electrons. The third-order valence-corrected chi connectivity index (χ3v) is 5.02. The lowest BCUT2D eigenvalue weighted by atomic mass is 9.80. The van der Waals surface area contributed by atoms with Crippen molar-refractivity contribution in [2.24, 2.45) is 11.8 Å². The summed E-state index contributed by atoms with van der Waals surface area (Å²) >= 11 is 0. The molecule has 2 aliphatic carbocycles. The summed E-state index contributed by atoms with van der Waals surface area (Å²) in [5.74, 6) is 1.77. The summed E-state index contributed by atoms with van der Waals surface area (Å²) < 4.78 is 0. The van der Waals surface area contributed by atoms with Crippen LogP contribution in [0.3, 0.4) is 0 Å². The Bertz CT molecular complexity index is 373. The molecule has 0 aromatic heterocycles. The molecule has 1 saturated carbocycles. The van der Waals surface area contributed by atoms with Crippen molar-refractivity contribution in [2.45, 2.75) is 64.3 Å². The van der Waals surface area contributed by atoms with Crippen LogP contribution >= 0.6 is 0 Å². The van der Waals surface area contributed by atoms with E-state index in [9.17, 15) is 0 Å². The van der Waals surface area contributed by atoms with Crippen LogP contribution in [0, 0.1) is 11.8 Å². The van der Waals surface area contributed by atoms with Crippen molar-refractivity contribution in [1.29, 1.82) is 0 Å². The van der Waals surface area contributed by atoms with Gasteiger partial charge in [-0.25, -0.2) is 0 Å². The molecule has 114 valence electrons. The molecule has 0 aromatic carbocycles. The zero-order chi connectivity index (χ0) is 14.4. The highest BCUT2D eigenvalue weighted by molar-refractivity contribution is 5.31. The van der Waals surface area contributed by atoms with Crippen LogP contribution in [0.2, 0.25) is 0 Å². The van der Waals surface area contributed by atoms with E-state index in [1.54, 1.807) is 0 Å². The fourth-order valence-electron chi connectivity index (χ4n) is 3.49. The van der Waals surface area contributed by atoms with E-state index in [1.807, 2.05) is 0 Å². The molecule has 1 heteroatoms. The van der Waals surface area contributed by atoms with Crippen molar-refractivity contribution in [3.05, 3.63) is 36.5 Å². The summed E-state index contributed by atoms with van der Waals surface area (Å²) in [6, 6.07) is 0. The van der Waals surface area contributed by atoms with Crippen molar-refractivity contribution >= 4 is 0 Å². The molecule has 0 spiro atoms. The molecule has 0 aliphatic heterocycles. The maximum absolute atomic E-state index is 3.87. The minimum Gasteiger partial charge on any atom is -0.308 e. The fraction of sp³-hybridized carbons (Fsp3) is 0.684. The SMILES string of the molecule is C=CCC1CCC(CNC(C)(C)C2=CCCC=C2)CC1.[HH]. The van der Waals surface area contributed by atoms with E-state index in [1.165, 1.54) is 57.1 Å². The molecule has 2 rings (SSSR count). The second-order valence-corrected chi connectivity index (χ2v) is 7.06. The Balaban J connectivity index is 0.00000220. The monoisotopic (exact) mass is 275 g/mol. The van der Waals surface area contributed by atoms with E-state index < -0.39 is 0 Å². The van der Waals surface area contributed by atoms with Crippen LogP contribution in [0.15, 0.2) is 36.5 Å². The lowest BCUT2D eigenvalue weighted by molar-refractivity contribution is 0.256. The summed E-state index contributed by atoms with van der Waals surface area (Å²) in [6.45, 7) is 9.67. The first-order valence-electron chi connectivity index (χ1n) is 8.35. The lowest BCUT2D eigenvalue weighted by Crippen LogP contribution is -2.44. The fourth-order valence-corrected chi connectivity index (χ4v) is 3.49. The highest BCUT2D eigenvalue weighted by Gasteiger charge is 2.25. The number of nitrogens with one attached hydrogen (secondary N) is 1. The molecule has 1 nitrogen and oxygen atoms in total. The van der Waals surface area contributed by atoms with Crippen LogP contribution in [-0.2, 0) is 0 Å². The van der Waals surface area contributed by atoms with E-state index in [0.29, 0.717) is 0 Å². The van der Waals surface area contributed by atoms with Crippen molar-refractivity contribution in [2.75, 3.05) is 6.54 Å². The first kappa shape index (κ1) is 15.6. The van der Waals surface area contributed by atoms with Gasteiger partial charge in [0.2, 0.25) is 0 Å². The van der Waals surface area contributed by atoms with Gasteiger partial charge in [-0.05, 0) is 82.7 Å². The molecule has 20 heavy (non-hydrogen) atoms. The Morgan fingerprint density at radius 1 is 1.25 bits per heavy atom. The predicted molar refractivity (Wildman–Crippen MR) is 90.9 cm³/mol. The van der Waals surface area contributed by atoms with Gasteiger partial charge < -0.3 is 5.32 Å². The van der Waals surface area contributed by atoms with Crippen LogP contribution in [0.5, 0.6) is 0 Å². The minimum absolute atomic E-state index is 0. The number of rotatable bonds is 6. The van der Waals surface area contributed by atoms with Crippen molar-refractivity contribution in [3.8, 4) is 0 Å². The average Bonchev–Trinajstić information content (AvgIpc) is 2.48. The molecule has 2 aliphatic rings. The van der Waals surface area contributed by atoms with Gasteiger partial charge in [0.1, 0.15) is 0 Å². The molecule has 0 atom stereocenters. The van der Waals surface area contributed by atoms with E-state index in [2.05, 4.69) is 50.0 Å². The normalized spacial score (nSPS) is 27.2. The van der Waals surface area contributed by atoms with E-state index in [4.69, 9.17) is 0 Å². The molecule has 0 heterocycles. The lowest BCUT2D eigenvalue weighted by Gasteiger charge is -2.34. The summed E-state index contributed by atoms with van der Waals surface area (Å²) in [7, 11) is 0. The summed E-state index contributed by atoms with van der Waals surface area (Å²) in [5, 5.41) is 3.81. The van der Waals surface area contributed by atoms with Crippen LogP contribution in [0.1, 0.15) is 60.2 Å². The third kappa shape index (κ3) is 4.34. The summed E-state index contributed by atoms with van der Waals surface area (Å²) in [6.07, 6.45) is 18.3. The van der Waals surface area contributed by atoms with Crippen LogP contribution in [0.4, 0.5) is 0 Å². The number of allylic oxidation sites excluding steroid dienone is 3. The predicted octanol–water partition coefficient (Wildman–Crippen LogP) is 5.26. The topological polar surface area (TPSA) is 12.0 Å². The zero-order valence-corrected chi connectivity index (χ0v) is 13.3. The highest BCUT2D eigenvalue weighted by atomic mass is 15.0. The molecule has 1 N–H and O–H groups in total. The molecular formula is C19H33N. The van der Waals surface area contributed by atoms with Gasteiger partial charge in [0.15, 0.2) is 0 Å². The van der Waals surface area contributed by atoms with Crippen molar-refractivity contribution < 1.29 is 1.43 Å². The summed E-state index contributed by atoms with van der Waals surface area (Å²) in [4.78, 5) is 0. The van der Waals surface area contributed by atoms with Gasteiger partial charge in [-0.15, -0.1) is 6.58 Å². The van der Waals surface area contributed by atoms with E-state index in [0.717, 1.165) is 11.8 Å². The Kier molecular flexibility index (Phi) is 5.65. The Morgan fingerprint density at radius 3 is 2.55 bits per heavy atom. The second-order valence-electron chi connectivity index (χ2n) is 7.06. The van der Waals surface area contributed by atoms with Crippen molar-refractivity contribution in [1.82, 2.24) is 5.32 Å². The molecule has 0 amide bonds. The summed E-state index contributed by atoms with van der Waals surface area (Å²) in [5.41, 5.74) is 1.58. The maximum Gasteiger partial charge on any atom is 0.0374 e. The van der Waals surface area contributed by atoms with Gasteiger partial charge in [0.25, 0.3) is 0 Å². The van der Waals surface area contributed by atoms with Crippen LogP contribution < -0.4 is 5.32 Å². The van der Waals surface area contributed by atoms with E-state index >= 15 is 0 Å². The Hall–Kier alpha value is -0.820. The highest BCUT2D eigenvalue weighted by Crippen LogP contribution is 2.31. The maximum atomic E-state index is 3.87. The average molecular weight is 275 g/mol. The first-order chi connectivity index (χ1) is 9.62. The number of hydrogen-bond donors (Lipinski definition) is 1. The smallest absolute Gasteiger partial charge is 0.0374 e. The number of hydrogen-bond acceptors (Lipinski definition) is 1. The van der Waals surface area contributed by atoms with Gasteiger partial charge in [-0.3, -0.25) is 0 Å². The second kappa shape index (κ2) is 7.26. The van der Waals surface area contributed by atoms with Gasteiger partial charge >= 0.3 is 0 Å². The molecule has 0 bridgehead atoms. The van der Waals surface area contributed by atoms with E-state index in [-0.39, 0.29) is 6.97 Å². The Morgan fingerprint density at radius 2 is 1.95 bits per heavy atom. The van der Waals surface area contributed by atoms with Gasteiger partial charge in [-0.1, -0.05) is 24.3 Å². The van der Waals surface area contributed by atoms with Crippen LogP contribution in [0.25, 0.3) is 0 Å². The molecule has 0 unspecified atom stereocenters. The molecule has 1 fully saturated rings. The largest absolute Gasteiger partial charge is 0.308 e. The standard InChI is InChI=1S/C19H31N.H2/c1-4-8-16-11-13-17(14-12-16)15-20-19(2,3)18-9-6-5-7-10-18;/h4,6,9-10,16-17,20H,1,5,7-8,11-15H2,2-3H3;1H.